The predicted molar refractivity (Wildman–Crippen MR) is 67.0 cm³/mol. The molecular weight excluding hydrogens is 200 g/mol. The van der Waals surface area contributed by atoms with Crippen LogP contribution >= 0.6 is 0 Å². The molecule has 0 aliphatic rings. The van der Waals surface area contributed by atoms with Crippen LogP contribution in [0.3, 0.4) is 0 Å². The number of nitrogens with two attached hydrogens (primary N) is 1. The first-order valence-electron chi connectivity index (χ1n) is 6.13. The van der Waals surface area contributed by atoms with E-state index >= 15 is 0 Å². The number of rotatable bonds is 7. The lowest BCUT2D eigenvalue weighted by molar-refractivity contribution is 0.180. The molecule has 0 radical (unpaired) electrons. The van der Waals surface area contributed by atoms with Gasteiger partial charge in [-0.2, -0.15) is 5.10 Å². The highest BCUT2D eigenvalue weighted by atomic mass is 15.3. The van der Waals surface area contributed by atoms with Gasteiger partial charge in [-0.1, -0.05) is 13.8 Å². The summed E-state index contributed by atoms with van der Waals surface area (Å²) in [5.41, 5.74) is 6.80. The van der Waals surface area contributed by atoms with Crippen molar-refractivity contribution < 1.29 is 0 Å². The Balaban J connectivity index is 2.63. The average Bonchev–Trinajstić information content (AvgIpc) is 2.66. The number of hydrogen-bond acceptors (Lipinski definition) is 3. The van der Waals surface area contributed by atoms with Gasteiger partial charge in [0.15, 0.2) is 0 Å². The summed E-state index contributed by atoms with van der Waals surface area (Å²) < 4.78 is 1.85. The molecular formula is C12H24N4. The molecule has 0 aliphatic heterocycles. The third-order valence-electron chi connectivity index (χ3n) is 3.01. The molecule has 92 valence electrons. The van der Waals surface area contributed by atoms with Crippen LogP contribution < -0.4 is 5.73 Å². The lowest BCUT2D eigenvalue weighted by atomic mass is 10.1. The molecule has 0 amide bonds. The third kappa shape index (κ3) is 3.61. The standard InChI is InChI=1S/C12H24N4/c1-4-12(5-2)16(9-7-13)10-11-6-8-15(3)14-11/h6,8,12H,4-5,7,9-10,13H2,1-3H3. The molecule has 0 bridgehead atoms. The van der Waals surface area contributed by atoms with Crippen LogP contribution in [0.25, 0.3) is 0 Å². The SMILES string of the molecule is CCC(CC)N(CCN)Cc1ccn(C)n1. The lowest BCUT2D eigenvalue weighted by Crippen LogP contribution is -2.37. The highest BCUT2D eigenvalue weighted by Crippen LogP contribution is 2.11. The lowest BCUT2D eigenvalue weighted by Gasteiger charge is -2.29. The van der Waals surface area contributed by atoms with E-state index in [9.17, 15) is 0 Å². The molecule has 1 rings (SSSR count). The molecule has 1 heterocycles. The van der Waals surface area contributed by atoms with Gasteiger partial charge in [0.05, 0.1) is 5.69 Å². The fourth-order valence-electron chi connectivity index (χ4n) is 2.12. The van der Waals surface area contributed by atoms with Gasteiger partial charge < -0.3 is 5.73 Å². The molecule has 4 heteroatoms. The zero-order valence-corrected chi connectivity index (χ0v) is 10.7. The van der Waals surface area contributed by atoms with E-state index in [1.54, 1.807) is 0 Å². The second kappa shape index (κ2) is 6.66. The van der Waals surface area contributed by atoms with Crippen molar-refractivity contribution in [3.8, 4) is 0 Å². The van der Waals surface area contributed by atoms with Crippen molar-refractivity contribution >= 4 is 0 Å². The highest BCUT2D eigenvalue weighted by molar-refractivity contribution is 4.99. The summed E-state index contributed by atoms with van der Waals surface area (Å²) in [7, 11) is 1.95. The monoisotopic (exact) mass is 224 g/mol. The minimum atomic E-state index is 0.616. The van der Waals surface area contributed by atoms with E-state index in [0.717, 1.165) is 18.8 Å². The smallest absolute Gasteiger partial charge is 0.0764 e. The van der Waals surface area contributed by atoms with Crippen molar-refractivity contribution in [1.29, 1.82) is 0 Å². The normalized spacial score (nSPS) is 11.6. The van der Waals surface area contributed by atoms with Gasteiger partial charge in [-0.25, -0.2) is 0 Å². The van der Waals surface area contributed by atoms with Crippen molar-refractivity contribution in [1.82, 2.24) is 14.7 Å². The predicted octanol–water partition coefficient (Wildman–Crippen LogP) is 1.37. The van der Waals surface area contributed by atoms with Gasteiger partial charge >= 0.3 is 0 Å². The summed E-state index contributed by atoms with van der Waals surface area (Å²) in [6.07, 6.45) is 4.33. The quantitative estimate of drug-likeness (QED) is 0.761. The Bertz CT molecular complexity index is 291. The highest BCUT2D eigenvalue weighted by Gasteiger charge is 2.15. The Morgan fingerprint density at radius 2 is 2.12 bits per heavy atom. The van der Waals surface area contributed by atoms with Gasteiger partial charge in [0, 0.05) is 38.9 Å². The van der Waals surface area contributed by atoms with E-state index in [1.807, 2.05) is 17.9 Å². The van der Waals surface area contributed by atoms with Crippen LogP contribution in [0, 0.1) is 0 Å². The third-order valence-corrected chi connectivity index (χ3v) is 3.01. The van der Waals surface area contributed by atoms with Crippen molar-refractivity contribution in [2.75, 3.05) is 13.1 Å². The van der Waals surface area contributed by atoms with E-state index in [1.165, 1.54) is 12.8 Å². The molecule has 0 fully saturated rings. The molecule has 0 saturated heterocycles. The Morgan fingerprint density at radius 1 is 1.44 bits per heavy atom. The molecule has 0 atom stereocenters. The van der Waals surface area contributed by atoms with Crippen molar-refractivity contribution in [2.45, 2.75) is 39.3 Å². The van der Waals surface area contributed by atoms with E-state index in [4.69, 9.17) is 5.73 Å². The van der Waals surface area contributed by atoms with Crippen molar-refractivity contribution in [3.05, 3.63) is 18.0 Å². The number of nitrogens with zero attached hydrogens (tertiary/aromatic N) is 3. The van der Waals surface area contributed by atoms with Gasteiger partial charge in [0.25, 0.3) is 0 Å². The van der Waals surface area contributed by atoms with Crippen LogP contribution in [0.15, 0.2) is 12.3 Å². The minimum absolute atomic E-state index is 0.616. The van der Waals surface area contributed by atoms with Crippen LogP contribution in [0.1, 0.15) is 32.4 Å². The number of aromatic nitrogens is 2. The fourth-order valence-corrected chi connectivity index (χ4v) is 2.12. The molecule has 0 saturated carbocycles. The molecule has 0 spiro atoms. The molecule has 16 heavy (non-hydrogen) atoms. The Hall–Kier alpha value is -0.870. The Morgan fingerprint density at radius 3 is 2.56 bits per heavy atom. The van der Waals surface area contributed by atoms with E-state index < -0.39 is 0 Å². The molecule has 1 aromatic rings. The number of aryl methyl sites for hydroxylation is 1. The van der Waals surface area contributed by atoms with Crippen molar-refractivity contribution in [3.63, 3.8) is 0 Å². The van der Waals surface area contributed by atoms with Gasteiger partial charge in [0.2, 0.25) is 0 Å². The maximum absolute atomic E-state index is 5.67. The van der Waals surface area contributed by atoms with Crippen LogP contribution in [0.2, 0.25) is 0 Å². The molecule has 0 unspecified atom stereocenters. The molecule has 0 aliphatic carbocycles. The molecule has 1 aromatic heterocycles. The zero-order valence-electron chi connectivity index (χ0n) is 10.7. The van der Waals surface area contributed by atoms with Crippen LogP contribution in [0.5, 0.6) is 0 Å². The number of hydrogen-bond donors (Lipinski definition) is 1. The zero-order chi connectivity index (χ0) is 12.0. The van der Waals surface area contributed by atoms with E-state index in [0.29, 0.717) is 12.6 Å². The Labute approximate surface area is 98.4 Å². The molecule has 4 nitrogen and oxygen atoms in total. The first-order valence-corrected chi connectivity index (χ1v) is 6.13. The van der Waals surface area contributed by atoms with Crippen LogP contribution in [-0.2, 0) is 13.6 Å². The summed E-state index contributed by atoms with van der Waals surface area (Å²) in [5, 5.41) is 4.42. The first-order chi connectivity index (χ1) is 7.71. The Kier molecular flexibility index (Phi) is 5.49. The summed E-state index contributed by atoms with van der Waals surface area (Å²) in [6.45, 7) is 7.03. The van der Waals surface area contributed by atoms with Gasteiger partial charge in [-0.3, -0.25) is 9.58 Å². The maximum Gasteiger partial charge on any atom is 0.0764 e. The minimum Gasteiger partial charge on any atom is -0.329 e. The summed E-state index contributed by atoms with van der Waals surface area (Å²) in [4.78, 5) is 2.43. The van der Waals surface area contributed by atoms with E-state index in [2.05, 4.69) is 29.9 Å². The van der Waals surface area contributed by atoms with Crippen LogP contribution in [0.4, 0.5) is 0 Å². The first kappa shape index (κ1) is 13.2. The van der Waals surface area contributed by atoms with Crippen molar-refractivity contribution in [2.24, 2.45) is 12.8 Å². The largest absolute Gasteiger partial charge is 0.329 e. The van der Waals surface area contributed by atoms with E-state index in [-0.39, 0.29) is 0 Å². The van der Waals surface area contributed by atoms with Gasteiger partial charge in [-0.05, 0) is 18.9 Å². The van der Waals surface area contributed by atoms with Gasteiger partial charge in [-0.15, -0.1) is 0 Å². The summed E-state index contributed by atoms with van der Waals surface area (Å²) >= 11 is 0. The van der Waals surface area contributed by atoms with Crippen LogP contribution in [-0.4, -0.2) is 33.8 Å². The second-order valence-corrected chi connectivity index (χ2v) is 4.21. The summed E-state index contributed by atoms with van der Waals surface area (Å²) in [6, 6.07) is 2.69. The fraction of sp³-hybridized carbons (Fsp3) is 0.750. The molecule has 2 N–H and O–H groups in total. The van der Waals surface area contributed by atoms with Gasteiger partial charge in [0.1, 0.15) is 0 Å². The topological polar surface area (TPSA) is 47.1 Å². The summed E-state index contributed by atoms with van der Waals surface area (Å²) in [5.74, 6) is 0. The second-order valence-electron chi connectivity index (χ2n) is 4.21. The average molecular weight is 224 g/mol. The molecule has 0 aromatic carbocycles. The maximum atomic E-state index is 5.67.